The van der Waals surface area contributed by atoms with Crippen LogP contribution in [0.2, 0.25) is 0 Å². The molecule has 1 aliphatic rings. The van der Waals surface area contributed by atoms with Gasteiger partial charge >= 0.3 is 0 Å². The lowest BCUT2D eigenvalue weighted by Crippen LogP contribution is -2.18. The van der Waals surface area contributed by atoms with E-state index < -0.39 is 10.0 Å². The Bertz CT molecular complexity index is 540. The summed E-state index contributed by atoms with van der Waals surface area (Å²) < 4.78 is 31.3. The minimum atomic E-state index is -3.42. The van der Waals surface area contributed by atoms with Gasteiger partial charge in [-0.25, -0.2) is 13.1 Å². The number of nitrogen functional groups attached to an aromatic ring is 1. The van der Waals surface area contributed by atoms with E-state index in [4.69, 9.17) is 10.5 Å². The Morgan fingerprint density at radius 3 is 2.95 bits per heavy atom. The summed E-state index contributed by atoms with van der Waals surface area (Å²) in [6.07, 6.45) is 2.39. The van der Waals surface area contributed by atoms with E-state index in [1.807, 2.05) is 0 Å². The van der Waals surface area contributed by atoms with Gasteiger partial charge in [-0.15, -0.1) is 11.8 Å². The number of thioether (sulfide) groups is 1. The highest BCUT2D eigenvalue weighted by molar-refractivity contribution is 7.99. The highest BCUT2D eigenvalue weighted by atomic mass is 32.2. The molecule has 5 nitrogen and oxygen atoms in total. The first-order valence-corrected chi connectivity index (χ1v) is 8.57. The van der Waals surface area contributed by atoms with Crippen molar-refractivity contribution >= 4 is 27.5 Å². The Balaban J connectivity index is 2.13. The smallest absolute Gasteiger partial charge is 0.240 e. The van der Waals surface area contributed by atoms with Gasteiger partial charge in [-0.3, -0.25) is 0 Å². The number of anilines is 1. The maximum absolute atomic E-state index is 11.7. The van der Waals surface area contributed by atoms with Crippen molar-refractivity contribution in [2.24, 2.45) is 0 Å². The SMILES string of the molecule is CNS(=O)(=O)c1ccc(N)c(SCC2CCCO2)c1. The minimum Gasteiger partial charge on any atom is -0.398 e. The number of ether oxygens (including phenoxy) is 1. The van der Waals surface area contributed by atoms with Crippen LogP contribution in [0, 0.1) is 0 Å². The third kappa shape index (κ3) is 3.62. The summed E-state index contributed by atoms with van der Waals surface area (Å²) in [6.45, 7) is 0.814. The molecule has 0 aliphatic carbocycles. The summed E-state index contributed by atoms with van der Waals surface area (Å²) in [5.41, 5.74) is 6.48. The molecular formula is C12H18N2O3S2. The summed E-state index contributed by atoms with van der Waals surface area (Å²) in [7, 11) is -2.03. The maximum atomic E-state index is 11.7. The fraction of sp³-hybridized carbons (Fsp3) is 0.500. The Hall–Kier alpha value is -0.760. The lowest BCUT2D eigenvalue weighted by atomic mass is 10.3. The molecule has 1 aromatic rings. The van der Waals surface area contributed by atoms with Crippen molar-refractivity contribution in [2.75, 3.05) is 25.1 Å². The summed E-state index contributed by atoms with van der Waals surface area (Å²) >= 11 is 1.54. The molecule has 0 bridgehead atoms. The van der Waals surface area contributed by atoms with Crippen molar-refractivity contribution in [3.63, 3.8) is 0 Å². The molecule has 1 atom stereocenters. The third-order valence-corrected chi connectivity index (χ3v) is 5.63. The number of hydrogen-bond donors (Lipinski definition) is 2. The third-order valence-electron chi connectivity index (χ3n) is 3.01. The maximum Gasteiger partial charge on any atom is 0.240 e. The number of hydrogen-bond acceptors (Lipinski definition) is 5. The summed E-state index contributed by atoms with van der Waals surface area (Å²) in [4.78, 5) is 1.02. The molecule has 1 saturated heterocycles. The van der Waals surface area contributed by atoms with E-state index in [0.29, 0.717) is 5.69 Å². The monoisotopic (exact) mass is 302 g/mol. The second kappa shape index (κ2) is 6.13. The van der Waals surface area contributed by atoms with Crippen LogP contribution in [0.1, 0.15) is 12.8 Å². The van der Waals surface area contributed by atoms with Crippen LogP contribution in [-0.4, -0.2) is 33.9 Å². The van der Waals surface area contributed by atoms with E-state index in [2.05, 4.69) is 4.72 Å². The van der Waals surface area contributed by atoms with Crippen molar-refractivity contribution in [3.05, 3.63) is 18.2 Å². The number of nitrogens with two attached hydrogens (primary N) is 1. The van der Waals surface area contributed by atoms with Crippen LogP contribution in [0.5, 0.6) is 0 Å². The molecule has 2 rings (SSSR count). The molecule has 1 heterocycles. The first kappa shape index (κ1) is 14.6. The number of benzene rings is 1. The fourth-order valence-electron chi connectivity index (χ4n) is 1.88. The van der Waals surface area contributed by atoms with Gasteiger partial charge in [0.2, 0.25) is 10.0 Å². The van der Waals surface area contributed by atoms with Crippen LogP contribution in [0.25, 0.3) is 0 Å². The Morgan fingerprint density at radius 2 is 2.32 bits per heavy atom. The molecule has 0 saturated carbocycles. The number of nitrogens with one attached hydrogen (secondary N) is 1. The van der Waals surface area contributed by atoms with Crippen molar-refractivity contribution < 1.29 is 13.2 Å². The van der Waals surface area contributed by atoms with Gasteiger partial charge < -0.3 is 10.5 Å². The van der Waals surface area contributed by atoms with Crippen LogP contribution in [-0.2, 0) is 14.8 Å². The van der Waals surface area contributed by atoms with Crippen LogP contribution in [0.15, 0.2) is 28.0 Å². The van der Waals surface area contributed by atoms with Crippen molar-refractivity contribution in [1.82, 2.24) is 4.72 Å². The zero-order valence-electron chi connectivity index (χ0n) is 10.8. The molecule has 0 aromatic heterocycles. The van der Waals surface area contributed by atoms with Crippen molar-refractivity contribution in [3.8, 4) is 0 Å². The van der Waals surface area contributed by atoms with Gasteiger partial charge in [0.25, 0.3) is 0 Å². The lowest BCUT2D eigenvalue weighted by molar-refractivity contribution is 0.129. The second-order valence-electron chi connectivity index (χ2n) is 4.35. The second-order valence-corrected chi connectivity index (χ2v) is 7.30. The van der Waals surface area contributed by atoms with Gasteiger partial charge in [-0.1, -0.05) is 0 Å². The molecule has 106 valence electrons. The fourth-order valence-corrected chi connectivity index (χ4v) is 3.79. The predicted octanol–water partition coefficient (Wildman–Crippen LogP) is 1.45. The Morgan fingerprint density at radius 1 is 1.53 bits per heavy atom. The average Bonchev–Trinajstić information content (AvgIpc) is 2.90. The van der Waals surface area contributed by atoms with Crippen molar-refractivity contribution in [1.29, 1.82) is 0 Å². The van der Waals surface area contributed by atoms with Gasteiger partial charge in [0.05, 0.1) is 11.0 Å². The van der Waals surface area contributed by atoms with Gasteiger partial charge in [-0.05, 0) is 38.1 Å². The first-order chi connectivity index (χ1) is 9.03. The molecule has 19 heavy (non-hydrogen) atoms. The highest BCUT2D eigenvalue weighted by Gasteiger charge is 2.18. The number of rotatable bonds is 5. The minimum absolute atomic E-state index is 0.235. The summed E-state index contributed by atoms with van der Waals surface area (Å²) in [5.74, 6) is 0.799. The number of sulfonamides is 1. The van der Waals surface area contributed by atoms with Crippen LogP contribution < -0.4 is 10.5 Å². The van der Waals surface area contributed by atoms with E-state index in [1.54, 1.807) is 23.9 Å². The van der Waals surface area contributed by atoms with Crippen LogP contribution >= 0.6 is 11.8 Å². The molecule has 0 radical (unpaired) electrons. The molecule has 7 heteroatoms. The van der Waals surface area contributed by atoms with E-state index in [0.717, 1.165) is 30.1 Å². The molecular weight excluding hydrogens is 284 g/mol. The quantitative estimate of drug-likeness (QED) is 0.635. The van der Waals surface area contributed by atoms with Gasteiger partial charge in [-0.2, -0.15) is 0 Å². The topological polar surface area (TPSA) is 81.4 Å². The molecule has 1 unspecified atom stereocenters. The average molecular weight is 302 g/mol. The van der Waals surface area contributed by atoms with E-state index in [1.165, 1.54) is 13.1 Å². The van der Waals surface area contributed by atoms with Gasteiger partial charge in [0.15, 0.2) is 0 Å². The molecule has 1 aliphatic heterocycles. The molecule has 3 N–H and O–H groups in total. The van der Waals surface area contributed by atoms with E-state index >= 15 is 0 Å². The molecule has 1 fully saturated rings. The Labute approximate surface area is 118 Å². The zero-order valence-corrected chi connectivity index (χ0v) is 12.4. The summed E-state index contributed by atoms with van der Waals surface area (Å²) in [6, 6.07) is 4.75. The zero-order chi connectivity index (χ0) is 13.9. The first-order valence-electron chi connectivity index (χ1n) is 6.10. The van der Waals surface area contributed by atoms with Gasteiger partial charge in [0, 0.05) is 22.9 Å². The van der Waals surface area contributed by atoms with Crippen LogP contribution in [0.4, 0.5) is 5.69 Å². The largest absolute Gasteiger partial charge is 0.398 e. The highest BCUT2D eigenvalue weighted by Crippen LogP contribution is 2.30. The molecule has 0 amide bonds. The molecule has 0 spiro atoms. The Kier molecular flexibility index (Phi) is 4.72. The predicted molar refractivity (Wildman–Crippen MR) is 76.8 cm³/mol. The van der Waals surface area contributed by atoms with Crippen molar-refractivity contribution in [2.45, 2.75) is 28.7 Å². The van der Waals surface area contributed by atoms with E-state index in [9.17, 15) is 8.42 Å². The lowest BCUT2D eigenvalue weighted by Gasteiger charge is -2.11. The van der Waals surface area contributed by atoms with Crippen LogP contribution in [0.3, 0.4) is 0 Å². The standard InChI is InChI=1S/C12H18N2O3S2/c1-14-19(15,16)10-4-5-11(13)12(7-10)18-8-9-3-2-6-17-9/h4-5,7,9,14H,2-3,6,8,13H2,1H3. The summed E-state index contributed by atoms with van der Waals surface area (Å²) in [5, 5.41) is 0. The van der Waals surface area contributed by atoms with Gasteiger partial charge in [0.1, 0.15) is 0 Å². The van der Waals surface area contributed by atoms with E-state index in [-0.39, 0.29) is 11.0 Å². The molecule has 1 aromatic carbocycles. The normalized spacial score (nSPS) is 19.7.